The Labute approximate surface area is 126 Å². The summed E-state index contributed by atoms with van der Waals surface area (Å²) in [6.07, 6.45) is 0.170. The van der Waals surface area contributed by atoms with Crippen LogP contribution in [0.15, 0.2) is 40.9 Å². The van der Waals surface area contributed by atoms with Gasteiger partial charge in [0.1, 0.15) is 0 Å². The fourth-order valence-electron chi connectivity index (χ4n) is 2.13. The van der Waals surface area contributed by atoms with Crippen molar-refractivity contribution in [1.82, 2.24) is 10.5 Å². The van der Waals surface area contributed by atoms with Gasteiger partial charge in [-0.3, -0.25) is 4.79 Å². The molecule has 7 heteroatoms. The van der Waals surface area contributed by atoms with Crippen molar-refractivity contribution in [2.24, 2.45) is 0 Å². The minimum absolute atomic E-state index is 0.119. The van der Waals surface area contributed by atoms with E-state index >= 15 is 0 Å². The van der Waals surface area contributed by atoms with Crippen molar-refractivity contribution in [1.29, 1.82) is 0 Å². The van der Waals surface area contributed by atoms with Crippen molar-refractivity contribution in [2.75, 3.05) is 7.11 Å². The number of amides is 1. The van der Waals surface area contributed by atoms with Crippen LogP contribution in [0.2, 0.25) is 0 Å². The van der Waals surface area contributed by atoms with Gasteiger partial charge in [-0.15, -0.1) is 0 Å². The highest BCUT2D eigenvalue weighted by Gasteiger charge is 2.41. The third-order valence-electron chi connectivity index (χ3n) is 3.41. The maximum Gasteiger partial charge on any atom is 0.334 e. The molecule has 1 atom stereocenters. The standard InChI is InChI=1S/C15H16N2O5/c1-3-15(14(19)20,10-7-5-4-6-8-10)16-13(18)11-9-12(21-2)17-22-11/h4-9H,3H2,1-2H3,(H,16,18)(H,19,20). The molecular weight excluding hydrogens is 288 g/mol. The molecule has 0 aliphatic rings. The summed E-state index contributed by atoms with van der Waals surface area (Å²) < 4.78 is 9.68. The lowest BCUT2D eigenvalue weighted by atomic mass is 9.87. The summed E-state index contributed by atoms with van der Waals surface area (Å²) in [5, 5.41) is 15.7. The number of carboxylic acid groups (broad SMARTS) is 1. The Morgan fingerprint density at radius 1 is 1.36 bits per heavy atom. The monoisotopic (exact) mass is 304 g/mol. The summed E-state index contributed by atoms with van der Waals surface area (Å²) in [6, 6.07) is 9.80. The highest BCUT2D eigenvalue weighted by molar-refractivity contribution is 5.96. The van der Waals surface area contributed by atoms with Gasteiger partial charge in [0.05, 0.1) is 13.2 Å². The van der Waals surface area contributed by atoms with Crippen molar-refractivity contribution in [3.05, 3.63) is 47.7 Å². The van der Waals surface area contributed by atoms with Gasteiger partial charge in [-0.05, 0) is 17.1 Å². The van der Waals surface area contributed by atoms with E-state index in [2.05, 4.69) is 10.5 Å². The van der Waals surface area contributed by atoms with Crippen LogP contribution in [0.5, 0.6) is 5.88 Å². The first-order valence-electron chi connectivity index (χ1n) is 6.65. The Morgan fingerprint density at radius 2 is 2.05 bits per heavy atom. The maximum absolute atomic E-state index is 12.3. The molecule has 1 aromatic heterocycles. The van der Waals surface area contributed by atoms with E-state index < -0.39 is 17.4 Å². The number of nitrogens with one attached hydrogen (secondary N) is 1. The second kappa shape index (κ2) is 6.30. The average molecular weight is 304 g/mol. The van der Waals surface area contributed by atoms with Gasteiger partial charge in [0, 0.05) is 0 Å². The van der Waals surface area contributed by atoms with E-state index in [-0.39, 0.29) is 18.1 Å². The molecule has 22 heavy (non-hydrogen) atoms. The number of benzene rings is 1. The Balaban J connectivity index is 2.35. The summed E-state index contributed by atoms with van der Waals surface area (Å²) in [6.45, 7) is 1.68. The molecule has 7 nitrogen and oxygen atoms in total. The summed E-state index contributed by atoms with van der Waals surface area (Å²) in [4.78, 5) is 24.1. The summed E-state index contributed by atoms with van der Waals surface area (Å²) in [5.41, 5.74) is -1.07. The zero-order valence-corrected chi connectivity index (χ0v) is 12.2. The number of ether oxygens (including phenoxy) is 1. The smallest absolute Gasteiger partial charge is 0.334 e. The first-order chi connectivity index (χ1) is 10.5. The molecule has 0 fully saturated rings. The first-order valence-corrected chi connectivity index (χ1v) is 6.65. The molecule has 0 spiro atoms. The molecule has 1 heterocycles. The summed E-state index contributed by atoms with van der Waals surface area (Å²) in [5.74, 6) is -1.81. The van der Waals surface area contributed by atoms with Gasteiger partial charge in [0.15, 0.2) is 5.54 Å². The number of rotatable bonds is 6. The number of nitrogens with zero attached hydrogens (tertiary/aromatic N) is 1. The van der Waals surface area contributed by atoms with Gasteiger partial charge in [-0.25, -0.2) is 4.79 Å². The molecule has 0 aliphatic heterocycles. The van der Waals surface area contributed by atoms with E-state index in [4.69, 9.17) is 9.26 Å². The molecule has 0 saturated heterocycles. The minimum atomic E-state index is -1.54. The van der Waals surface area contributed by atoms with E-state index in [0.717, 1.165) is 0 Å². The van der Waals surface area contributed by atoms with Crippen LogP contribution in [0.3, 0.4) is 0 Å². The molecule has 0 aliphatic carbocycles. The van der Waals surface area contributed by atoms with Gasteiger partial charge in [0.25, 0.3) is 11.8 Å². The van der Waals surface area contributed by atoms with Crippen LogP contribution in [-0.2, 0) is 10.3 Å². The number of hydrogen-bond donors (Lipinski definition) is 2. The zero-order valence-electron chi connectivity index (χ0n) is 12.2. The molecule has 0 radical (unpaired) electrons. The molecule has 0 saturated carbocycles. The molecule has 2 rings (SSSR count). The SMILES string of the molecule is CCC(NC(=O)c1cc(OC)no1)(C(=O)O)c1ccccc1. The van der Waals surface area contributed by atoms with Gasteiger partial charge in [-0.1, -0.05) is 37.3 Å². The third kappa shape index (κ3) is 2.78. The number of aromatic nitrogens is 1. The van der Waals surface area contributed by atoms with Crippen LogP contribution in [0.25, 0.3) is 0 Å². The Morgan fingerprint density at radius 3 is 2.55 bits per heavy atom. The molecule has 116 valence electrons. The lowest BCUT2D eigenvalue weighted by Crippen LogP contribution is -2.51. The van der Waals surface area contributed by atoms with Crippen molar-refractivity contribution in [3.63, 3.8) is 0 Å². The van der Waals surface area contributed by atoms with Crippen molar-refractivity contribution >= 4 is 11.9 Å². The van der Waals surface area contributed by atoms with Crippen LogP contribution in [0, 0.1) is 0 Å². The number of carboxylic acids is 1. The minimum Gasteiger partial charge on any atom is -0.479 e. The van der Waals surface area contributed by atoms with E-state index in [0.29, 0.717) is 5.56 Å². The highest BCUT2D eigenvalue weighted by Crippen LogP contribution is 2.26. The molecule has 2 aromatic rings. The molecule has 1 unspecified atom stereocenters. The fraction of sp³-hybridized carbons (Fsp3) is 0.267. The number of aliphatic carboxylic acids is 1. The van der Waals surface area contributed by atoms with Crippen LogP contribution < -0.4 is 10.1 Å². The highest BCUT2D eigenvalue weighted by atomic mass is 16.5. The number of carbonyl (C=O) groups is 2. The van der Waals surface area contributed by atoms with E-state index in [1.165, 1.54) is 13.2 Å². The van der Waals surface area contributed by atoms with Crippen molar-refractivity contribution in [3.8, 4) is 5.88 Å². The number of hydrogen-bond acceptors (Lipinski definition) is 5. The number of carbonyl (C=O) groups excluding carboxylic acids is 1. The molecule has 1 amide bonds. The lowest BCUT2D eigenvalue weighted by Gasteiger charge is -2.29. The van der Waals surface area contributed by atoms with E-state index in [1.54, 1.807) is 37.3 Å². The molecule has 2 N–H and O–H groups in total. The third-order valence-corrected chi connectivity index (χ3v) is 3.41. The van der Waals surface area contributed by atoms with E-state index in [1.807, 2.05) is 0 Å². The van der Waals surface area contributed by atoms with Crippen molar-refractivity contribution < 1.29 is 24.0 Å². The molecule has 0 bridgehead atoms. The van der Waals surface area contributed by atoms with Crippen LogP contribution in [-0.4, -0.2) is 29.2 Å². The second-order valence-corrected chi connectivity index (χ2v) is 4.62. The number of methoxy groups -OCH3 is 1. The van der Waals surface area contributed by atoms with Gasteiger partial charge >= 0.3 is 5.97 Å². The van der Waals surface area contributed by atoms with Crippen LogP contribution in [0.4, 0.5) is 0 Å². The Bertz CT molecular complexity index is 668. The fourth-order valence-corrected chi connectivity index (χ4v) is 2.13. The van der Waals surface area contributed by atoms with Gasteiger partial charge < -0.3 is 19.7 Å². The van der Waals surface area contributed by atoms with Crippen molar-refractivity contribution in [2.45, 2.75) is 18.9 Å². The topological polar surface area (TPSA) is 102 Å². The summed E-state index contributed by atoms with van der Waals surface area (Å²) >= 11 is 0. The largest absolute Gasteiger partial charge is 0.479 e. The maximum atomic E-state index is 12.3. The predicted molar refractivity (Wildman–Crippen MR) is 76.6 cm³/mol. The Hall–Kier alpha value is -2.83. The van der Waals surface area contributed by atoms with Crippen LogP contribution >= 0.6 is 0 Å². The van der Waals surface area contributed by atoms with Crippen LogP contribution in [0.1, 0.15) is 29.5 Å². The average Bonchev–Trinajstić information content (AvgIpc) is 3.02. The molecule has 1 aromatic carbocycles. The Kier molecular flexibility index (Phi) is 4.45. The van der Waals surface area contributed by atoms with Gasteiger partial charge in [-0.2, -0.15) is 0 Å². The second-order valence-electron chi connectivity index (χ2n) is 4.62. The zero-order chi connectivity index (χ0) is 16.2. The molecular formula is C15H16N2O5. The van der Waals surface area contributed by atoms with Gasteiger partial charge in [0.2, 0.25) is 5.76 Å². The first kappa shape index (κ1) is 15.6. The summed E-state index contributed by atoms with van der Waals surface area (Å²) in [7, 11) is 1.39. The lowest BCUT2D eigenvalue weighted by molar-refractivity contribution is -0.145. The quantitative estimate of drug-likeness (QED) is 0.843. The van der Waals surface area contributed by atoms with E-state index in [9.17, 15) is 14.7 Å². The normalized spacial score (nSPS) is 13.2. The predicted octanol–water partition coefficient (Wildman–Crippen LogP) is 1.80.